The number of hydrogen-bond donors (Lipinski definition) is 0. The SMILES string of the molecule is COc1cccc(C2CCCN2C(=O)c2cccc3cccnc23)c1. The molecule has 25 heavy (non-hydrogen) atoms. The fraction of sp³-hybridized carbons (Fsp3) is 0.238. The molecule has 4 nitrogen and oxygen atoms in total. The van der Waals surface area contributed by atoms with Gasteiger partial charge < -0.3 is 9.64 Å². The first-order chi connectivity index (χ1) is 12.3. The van der Waals surface area contributed by atoms with E-state index in [1.54, 1.807) is 13.3 Å². The Morgan fingerprint density at radius 2 is 2.00 bits per heavy atom. The molecule has 126 valence electrons. The second kappa shape index (κ2) is 6.55. The third kappa shape index (κ3) is 2.84. The number of likely N-dealkylation sites (tertiary alicyclic amines) is 1. The maximum absolute atomic E-state index is 13.3. The molecule has 0 radical (unpaired) electrons. The van der Waals surface area contributed by atoms with E-state index in [9.17, 15) is 4.79 Å². The van der Waals surface area contributed by atoms with Crippen LogP contribution in [0, 0.1) is 0 Å². The quantitative estimate of drug-likeness (QED) is 0.721. The molecule has 2 heterocycles. The van der Waals surface area contributed by atoms with Gasteiger partial charge in [-0.2, -0.15) is 0 Å². The van der Waals surface area contributed by atoms with Gasteiger partial charge in [-0.05, 0) is 42.7 Å². The molecule has 1 aromatic heterocycles. The van der Waals surface area contributed by atoms with Gasteiger partial charge >= 0.3 is 0 Å². The van der Waals surface area contributed by atoms with Gasteiger partial charge in [0.2, 0.25) is 0 Å². The number of nitrogens with zero attached hydrogens (tertiary/aromatic N) is 2. The number of amides is 1. The average Bonchev–Trinajstić information content (AvgIpc) is 3.17. The molecular weight excluding hydrogens is 312 g/mol. The van der Waals surface area contributed by atoms with Gasteiger partial charge in [-0.15, -0.1) is 0 Å². The first kappa shape index (κ1) is 15.6. The highest BCUT2D eigenvalue weighted by Crippen LogP contribution is 2.35. The Morgan fingerprint density at radius 3 is 2.88 bits per heavy atom. The molecule has 4 rings (SSSR count). The Bertz CT molecular complexity index is 917. The van der Waals surface area contributed by atoms with E-state index < -0.39 is 0 Å². The molecule has 0 spiro atoms. The summed E-state index contributed by atoms with van der Waals surface area (Å²) < 4.78 is 5.34. The molecule has 0 N–H and O–H groups in total. The molecule has 4 heteroatoms. The summed E-state index contributed by atoms with van der Waals surface area (Å²) in [5.74, 6) is 0.873. The minimum atomic E-state index is 0.0506. The van der Waals surface area contributed by atoms with Crippen LogP contribution in [0.2, 0.25) is 0 Å². The minimum Gasteiger partial charge on any atom is -0.497 e. The van der Waals surface area contributed by atoms with E-state index in [1.165, 1.54) is 0 Å². The van der Waals surface area contributed by atoms with Gasteiger partial charge in [0.05, 0.1) is 24.2 Å². The van der Waals surface area contributed by atoms with Crippen LogP contribution >= 0.6 is 0 Å². The summed E-state index contributed by atoms with van der Waals surface area (Å²) in [5.41, 5.74) is 2.57. The predicted octanol–water partition coefficient (Wildman–Crippen LogP) is 4.22. The zero-order valence-electron chi connectivity index (χ0n) is 14.2. The van der Waals surface area contributed by atoms with Crippen LogP contribution < -0.4 is 4.74 Å². The maximum Gasteiger partial charge on any atom is 0.256 e. The van der Waals surface area contributed by atoms with Crippen molar-refractivity contribution in [3.05, 3.63) is 71.9 Å². The topological polar surface area (TPSA) is 42.4 Å². The highest BCUT2D eigenvalue weighted by atomic mass is 16.5. The third-order valence-corrected chi connectivity index (χ3v) is 4.86. The van der Waals surface area contributed by atoms with Crippen LogP contribution in [-0.4, -0.2) is 29.4 Å². The lowest BCUT2D eigenvalue weighted by Gasteiger charge is -2.26. The average molecular weight is 332 g/mol. The number of pyridine rings is 1. The van der Waals surface area contributed by atoms with Crippen molar-refractivity contribution in [1.29, 1.82) is 0 Å². The summed E-state index contributed by atoms with van der Waals surface area (Å²) in [6.45, 7) is 0.768. The van der Waals surface area contributed by atoms with E-state index in [1.807, 2.05) is 53.4 Å². The lowest BCUT2D eigenvalue weighted by molar-refractivity contribution is 0.0737. The molecular formula is C21H20N2O2. The molecule has 1 fully saturated rings. The zero-order valence-corrected chi connectivity index (χ0v) is 14.2. The smallest absolute Gasteiger partial charge is 0.256 e. The van der Waals surface area contributed by atoms with Gasteiger partial charge in [0.1, 0.15) is 5.75 Å². The van der Waals surface area contributed by atoms with Gasteiger partial charge in [-0.1, -0.05) is 30.3 Å². The molecule has 1 amide bonds. The molecule has 1 unspecified atom stereocenters. The normalized spacial score (nSPS) is 17.0. The summed E-state index contributed by atoms with van der Waals surface area (Å²) in [5, 5.41) is 0.991. The lowest BCUT2D eigenvalue weighted by atomic mass is 10.0. The Hall–Kier alpha value is -2.88. The molecule has 3 aromatic rings. The lowest BCUT2D eigenvalue weighted by Crippen LogP contribution is -2.30. The molecule has 0 saturated carbocycles. The fourth-order valence-corrected chi connectivity index (χ4v) is 3.64. The minimum absolute atomic E-state index is 0.0506. The highest BCUT2D eigenvalue weighted by molar-refractivity contribution is 6.05. The number of carbonyl (C=O) groups is 1. The van der Waals surface area contributed by atoms with Gasteiger partial charge in [-0.25, -0.2) is 0 Å². The monoisotopic (exact) mass is 332 g/mol. The molecule has 1 saturated heterocycles. The standard InChI is InChI=1S/C21H20N2O2/c1-25-17-9-2-7-16(14-17)19-11-5-13-23(19)21(24)18-10-3-6-15-8-4-12-22-20(15)18/h2-4,6-10,12,14,19H,5,11,13H2,1H3. The van der Waals surface area contributed by atoms with Crippen molar-refractivity contribution in [2.24, 2.45) is 0 Å². The van der Waals surface area contributed by atoms with Crippen molar-refractivity contribution in [2.75, 3.05) is 13.7 Å². The largest absolute Gasteiger partial charge is 0.497 e. The number of para-hydroxylation sites is 1. The summed E-state index contributed by atoms with van der Waals surface area (Å²) >= 11 is 0. The van der Waals surface area contributed by atoms with Gasteiger partial charge in [0.15, 0.2) is 0 Å². The van der Waals surface area contributed by atoms with E-state index >= 15 is 0 Å². The number of aromatic nitrogens is 1. The number of fused-ring (bicyclic) bond motifs is 1. The van der Waals surface area contributed by atoms with Crippen LogP contribution in [0.4, 0.5) is 0 Å². The van der Waals surface area contributed by atoms with E-state index in [0.29, 0.717) is 5.56 Å². The second-order valence-corrected chi connectivity index (χ2v) is 6.31. The number of benzene rings is 2. The van der Waals surface area contributed by atoms with Crippen molar-refractivity contribution in [3.8, 4) is 5.75 Å². The van der Waals surface area contributed by atoms with Gasteiger partial charge in [0, 0.05) is 18.1 Å². The van der Waals surface area contributed by atoms with Crippen molar-refractivity contribution in [3.63, 3.8) is 0 Å². The van der Waals surface area contributed by atoms with Crippen LogP contribution in [0.15, 0.2) is 60.8 Å². The number of carbonyl (C=O) groups excluding carboxylic acids is 1. The van der Waals surface area contributed by atoms with Gasteiger partial charge in [-0.3, -0.25) is 9.78 Å². The molecule has 1 aliphatic heterocycles. The van der Waals surface area contributed by atoms with Crippen molar-refractivity contribution >= 4 is 16.8 Å². The van der Waals surface area contributed by atoms with Crippen molar-refractivity contribution < 1.29 is 9.53 Å². The Morgan fingerprint density at radius 1 is 1.16 bits per heavy atom. The van der Waals surface area contributed by atoms with E-state index in [-0.39, 0.29) is 11.9 Å². The third-order valence-electron chi connectivity index (χ3n) is 4.86. The highest BCUT2D eigenvalue weighted by Gasteiger charge is 2.31. The molecule has 0 bridgehead atoms. The van der Waals surface area contributed by atoms with Crippen LogP contribution in [0.3, 0.4) is 0 Å². The molecule has 2 aromatic carbocycles. The number of rotatable bonds is 3. The van der Waals surface area contributed by atoms with E-state index in [4.69, 9.17) is 4.74 Å². The van der Waals surface area contributed by atoms with Crippen LogP contribution in [0.1, 0.15) is 34.8 Å². The number of hydrogen-bond acceptors (Lipinski definition) is 3. The van der Waals surface area contributed by atoms with Gasteiger partial charge in [0.25, 0.3) is 5.91 Å². The molecule has 1 aliphatic rings. The summed E-state index contributed by atoms with van der Waals surface area (Å²) in [6, 6.07) is 17.8. The van der Waals surface area contributed by atoms with Crippen molar-refractivity contribution in [2.45, 2.75) is 18.9 Å². The number of ether oxygens (including phenoxy) is 1. The summed E-state index contributed by atoms with van der Waals surface area (Å²) in [7, 11) is 1.67. The maximum atomic E-state index is 13.3. The fourth-order valence-electron chi connectivity index (χ4n) is 3.64. The second-order valence-electron chi connectivity index (χ2n) is 6.31. The summed E-state index contributed by atoms with van der Waals surface area (Å²) in [4.78, 5) is 19.7. The van der Waals surface area contributed by atoms with Crippen LogP contribution in [-0.2, 0) is 0 Å². The van der Waals surface area contributed by atoms with Crippen molar-refractivity contribution in [1.82, 2.24) is 9.88 Å². The van der Waals surface area contributed by atoms with Crippen LogP contribution in [0.5, 0.6) is 5.75 Å². The Balaban J connectivity index is 1.71. The Kier molecular flexibility index (Phi) is 4.10. The first-order valence-electron chi connectivity index (χ1n) is 8.56. The number of methoxy groups -OCH3 is 1. The first-order valence-corrected chi connectivity index (χ1v) is 8.56. The van der Waals surface area contributed by atoms with Crippen LogP contribution in [0.25, 0.3) is 10.9 Å². The summed E-state index contributed by atoms with van der Waals surface area (Å²) in [6.07, 6.45) is 3.71. The Labute approximate surface area is 147 Å². The van der Waals surface area contributed by atoms with E-state index in [0.717, 1.165) is 41.6 Å². The predicted molar refractivity (Wildman–Crippen MR) is 97.7 cm³/mol. The molecule has 1 atom stereocenters. The zero-order chi connectivity index (χ0) is 17.2. The van der Waals surface area contributed by atoms with E-state index in [2.05, 4.69) is 11.1 Å². The molecule has 0 aliphatic carbocycles.